The van der Waals surface area contributed by atoms with E-state index < -0.39 is 11.7 Å². The van der Waals surface area contributed by atoms with Crippen LogP contribution in [0.5, 0.6) is 0 Å². The molecule has 3 N–H and O–H groups in total. The highest BCUT2D eigenvalue weighted by Crippen LogP contribution is 2.18. The van der Waals surface area contributed by atoms with Gasteiger partial charge in [0.2, 0.25) is 5.91 Å². The Bertz CT molecular complexity index is 712. The maximum absolute atomic E-state index is 13.1. The Kier molecular flexibility index (Phi) is 3.79. The number of anilines is 2. The van der Waals surface area contributed by atoms with Crippen molar-refractivity contribution < 1.29 is 9.18 Å². The highest BCUT2D eigenvalue weighted by atomic mass is 19.1. The minimum atomic E-state index is -0.514. The number of halogens is 1. The first-order valence-corrected chi connectivity index (χ1v) is 5.84. The minimum Gasteiger partial charge on any atom is -0.397 e. The molecule has 0 unspecified atom stereocenters. The van der Waals surface area contributed by atoms with Crippen molar-refractivity contribution in [2.24, 2.45) is 0 Å². The van der Waals surface area contributed by atoms with E-state index in [2.05, 4.69) is 10.4 Å². The number of nitrogen functional groups attached to an aromatic ring is 1. The number of carbonyl (C=O) groups excluding carboxylic acids is 1. The topological polar surface area (TPSA) is 90.0 Å². The number of aromatic nitrogens is 2. The third kappa shape index (κ3) is 3.19. The molecule has 1 amide bonds. The van der Waals surface area contributed by atoms with Crippen molar-refractivity contribution in [3.05, 3.63) is 52.2 Å². The van der Waals surface area contributed by atoms with Crippen LogP contribution in [0, 0.1) is 12.7 Å². The van der Waals surface area contributed by atoms with E-state index in [1.807, 2.05) is 0 Å². The maximum Gasteiger partial charge on any atom is 0.267 e. The van der Waals surface area contributed by atoms with E-state index >= 15 is 0 Å². The molecule has 0 radical (unpaired) electrons. The predicted octanol–water partition coefficient (Wildman–Crippen LogP) is 0.912. The molecule has 0 aliphatic carbocycles. The van der Waals surface area contributed by atoms with Crippen LogP contribution < -0.4 is 16.6 Å². The van der Waals surface area contributed by atoms with Crippen LogP contribution in [0.25, 0.3) is 0 Å². The molecule has 20 heavy (non-hydrogen) atoms. The molecular formula is C13H13FN4O2. The molecule has 1 heterocycles. The second-order valence-corrected chi connectivity index (χ2v) is 4.31. The van der Waals surface area contributed by atoms with Crippen molar-refractivity contribution >= 4 is 17.3 Å². The first kappa shape index (κ1) is 13.7. The Balaban J connectivity index is 2.13. The normalized spacial score (nSPS) is 10.3. The van der Waals surface area contributed by atoms with Crippen molar-refractivity contribution in [2.75, 3.05) is 11.1 Å². The molecule has 7 heteroatoms. The van der Waals surface area contributed by atoms with Gasteiger partial charge >= 0.3 is 0 Å². The Labute approximate surface area is 114 Å². The van der Waals surface area contributed by atoms with Crippen LogP contribution in [0.1, 0.15) is 5.56 Å². The summed E-state index contributed by atoms with van der Waals surface area (Å²) in [5.41, 5.74) is 6.34. The molecule has 0 aliphatic rings. The lowest BCUT2D eigenvalue weighted by atomic mass is 10.2. The van der Waals surface area contributed by atoms with Crippen LogP contribution in [0.2, 0.25) is 0 Å². The molecular weight excluding hydrogens is 263 g/mol. The number of nitrogens with one attached hydrogen (secondary N) is 1. The number of amides is 1. The molecule has 0 aliphatic heterocycles. The van der Waals surface area contributed by atoms with Crippen molar-refractivity contribution in [1.82, 2.24) is 9.78 Å². The average molecular weight is 276 g/mol. The number of hydrogen-bond acceptors (Lipinski definition) is 4. The fourth-order valence-corrected chi connectivity index (χ4v) is 1.61. The van der Waals surface area contributed by atoms with Gasteiger partial charge in [0.05, 0.1) is 17.6 Å². The molecule has 2 rings (SSSR count). The van der Waals surface area contributed by atoms with Crippen LogP contribution in [-0.4, -0.2) is 15.7 Å². The van der Waals surface area contributed by atoms with Gasteiger partial charge in [-0.3, -0.25) is 9.59 Å². The lowest BCUT2D eigenvalue weighted by Gasteiger charge is -2.09. The highest BCUT2D eigenvalue weighted by Gasteiger charge is 2.09. The highest BCUT2D eigenvalue weighted by molar-refractivity contribution is 5.93. The molecule has 0 spiro atoms. The van der Waals surface area contributed by atoms with Crippen molar-refractivity contribution in [2.45, 2.75) is 13.5 Å². The smallest absolute Gasteiger partial charge is 0.267 e. The molecule has 2 aromatic rings. The summed E-state index contributed by atoms with van der Waals surface area (Å²) in [6.07, 6.45) is 1.48. The second kappa shape index (κ2) is 5.52. The van der Waals surface area contributed by atoms with Gasteiger partial charge in [0.25, 0.3) is 5.56 Å². The Hall–Kier alpha value is -2.70. The lowest BCUT2D eigenvalue weighted by Crippen LogP contribution is -2.29. The molecule has 6 nitrogen and oxygen atoms in total. The Morgan fingerprint density at radius 2 is 2.20 bits per heavy atom. The minimum absolute atomic E-state index is 0.162. The van der Waals surface area contributed by atoms with E-state index in [0.717, 1.165) is 10.7 Å². The van der Waals surface area contributed by atoms with Crippen LogP contribution in [0.3, 0.4) is 0 Å². The summed E-state index contributed by atoms with van der Waals surface area (Å²) in [5.74, 6) is -1.03. The Morgan fingerprint density at radius 1 is 1.45 bits per heavy atom. The second-order valence-electron chi connectivity index (χ2n) is 4.31. The van der Waals surface area contributed by atoms with E-state index in [1.165, 1.54) is 24.4 Å². The number of hydrogen-bond donors (Lipinski definition) is 2. The van der Waals surface area contributed by atoms with Gasteiger partial charge in [-0.25, -0.2) is 9.07 Å². The number of rotatable bonds is 3. The molecule has 1 aromatic carbocycles. The summed E-state index contributed by atoms with van der Waals surface area (Å²) < 4.78 is 14.1. The number of nitrogens with zero attached hydrogens (tertiary/aromatic N) is 2. The quantitative estimate of drug-likeness (QED) is 0.815. The molecule has 0 saturated heterocycles. The zero-order valence-corrected chi connectivity index (χ0v) is 10.8. The Morgan fingerprint density at radius 3 is 2.90 bits per heavy atom. The predicted molar refractivity (Wildman–Crippen MR) is 72.7 cm³/mol. The van der Waals surface area contributed by atoms with Gasteiger partial charge in [0.15, 0.2) is 0 Å². The van der Waals surface area contributed by atoms with Crippen LogP contribution >= 0.6 is 0 Å². The summed E-state index contributed by atoms with van der Waals surface area (Å²) in [4.78, 5) is 23.4. The number of benzene rings is 1. The van der Waals surface area contributed by atoms with Gasteiger partial charge in [-0.1, -0.05) is 0 Å². The summed E-state index contributed by atoms with van der Waals surface area (Å²) in [7, 11) is 0. The van der Waals surface area contributed by atoms with Crippen LogP contribution in [-0.2, 0) is 11.3 Å². The monoisotopic (exact) mass is 276 g/mol. The molecule has 1 aromatic heterocycles. The van der Waals surface area contributed by atoms with Crippen molar-refractivity contribution in [3.63, 3.8) is 0 Å². The first-order valence-electron chi connectivity index (χ1n) is 5.84. The third-order valence-electron chi connectivity index (χ3n) is 2.59. The van der Waals surface area contributed by atoms with Crippen molar-refractivity contribution in [1.29, 1.82) is 0 Å². The van der Waals surface area contributed by atoms with Gasteiger partial charge in [0.1, 0.15) is 12.4 Å². The molecule has 0 atom stereocenters. The molecule has 0 fully saturated rings. The van der Waals surface area contributed by atoms with Gasteiger partial charge in [-0.2, -0.15) is 5.10 Å². The van der Waals surface area contributed by atoms with Gasteiger partial charge in [-0.05, 0) is 30.7 Å². The van der Waals surface area contributed by atoms with E-state index in [9.17, 15) is 14.0 Å². The van der Waals surface area contributed by atoms with Crippen LogP contribution in [0.15, 0.2) is 35.3 Å². The van der Waals surface area contributed by atoms with E-state index in [-0.39, 0.29) is 23.5 Å². The summed E-state index contributed by atoms with van der Waals surface area (Å²) in [6, 6.07) is 5.02. The van der Waals surface area contributed by atoms with Gasteiger partial charge in [-0.15, -0.1) is 0 Å². The van der Waals surface area contributed by atoms with E-state index in [1.54, 1.807) is 6.92 Å². The fourth-order valence-electron chi connectivity index (χ4n) is 1.61. The van der Waals surface area contributed by atoms with Gasteiger partial charge in [0, 0.05) is 6.07 Å². The number of aryl methyl sites for hydroxylation is 1. The summed E-state index contributed by atoms with van der Waals surface area (Å²) in [6.45, 7) is 1.46. The standard InChI is InChI=1S/C13H13FN4O2/c1-8-4-13(20)18(16-6-8)7-12(19)17-11-5-9(14)2-3-10(11)15/h2-6H,7,15H2,1H3,(H,17,19). The average Bonchev–Trinajstić information content (AvgIpc) is 2.37. The lowest BCUT2D eigenvalue weighted by molar-refractivity contribution is -0.117. The maximum atomic E-state index is 13.1. The fraction of sp³-hybridized carbons (Fsp3) is 0.154. The van der Waals surface area contributed by atoms with E-state index in [0.29, 0.717) is 5.56 Å². The SMILES string of the molecule is Cc1cnn(CC(=O)Nc2cc(F)ccc2N)c(=O)c1. The summed E-state index contributed by atoms with van der Waals surface area (Å²) in [5, 5.41) is 6.28. The molecule has 0 saturated carbocycles. The third-order valence-corrected chi connectivity index (χ3v) is 2.59. The summed E-state index contributed by atoms with van der Waals surface area (Å²) >= 11 is 0. The van der Waals surface area contributed by atoms with Gasteiger partial charge < -0.3 is 11.1 Å². The molecule has 0 bridgehead atoms. The zero-order chi connectivity index (χ0) is 14.7. The van der Waals surface area contributed by atoms with Crippen molar-refractivity contribution in [3.8, 4) is 0 Å². The number of nitrogens with two attached hydrogens (primary N) is 1. The number of carbonyl (C=O) groups is 1. The largest absolute Gasteiger partial charge is 0.397 e. The first-order chi connectivity index (χ1) is 9.45. The molecule has 104 valence electrons. The van der Waals surface area contributed by atoms with Crippen LogP contribution in [0.4, 0.5) is 15.8 Å². The zero-order valence-electron chi connectivity index (χ0n) is 10.8. The van der Waals surface area contributed by atoms with E-state index in [4.69, 9.17) is 5.73 Å².